The molecule has 0 aliphatic heterocycles. The second kappa shape index (κ2) is 4.14. The van der Waals surface area contributed by atoms with Crippen LogP contribution in [0.5, 0.6) is 0 Å². The van der Waals surface area contributed by atoms with E-state index in [1.165, 1.54) is 16.9 Å². The number of thiophene rings is 1. The van der Waals surface area contributed by atoms with Crippen molar-refractivity contribution < 1.29 is 0 Å². The largest absolute Gasteiger partial charge is 0.149 e. The number of rotatable bonds is 3. The highest BCUT2D eigenvalue weighted by molar-refractivity contribution is 9.09. The minimum atomic E-state index is 0.299. The minimum Gasteiger partial charge on any atom is -0.149 e. The topological polar surface area (TPSA) is 0 Å². The molecule has 1 heterocycles. The molecule has 1 unspecified atom stereocenters. The molecule has 1 aromatic rings. The second-order valence-electron chi connectivity index (χ2n) is 4.31. The van der Waals surface area contributed by atoms with Crippen molar-refractivity contribution in [2.45, 2.75) is 44.4 Å². The van der Waals surface area contributed by atoms with Crippen molar-refractivity contribution in [3.63, 3.8) is 0 Å². The lowest BCUT2D eigenvalue weighted by Gasteiger charge is -2.25. The van der Waals surface area contributed by atoms with Crippen LogP contribution in [0, 0.1) is 6.92 Å². The molecular formula is C11H17BrS. The van der Waals surface area contributed by atoms with Gasteiger partial charge in [-0.25, -0.2) is 0 Å². The highest BCUT2D eigenvalue weighted by Gasteiger charge is 2.23. The molecule has 0 fully saturated rings. The van der Waals surface area contributed by atoms with Crippen LogP contribution < -0.4 is 0 Å². The van der Waals surface area contributed by atoms with Crippen LogP contribution in [0.2, 0.25) is 0 Å². The predicted molar refractivity (Wildman–Crippen MR) is 65.1 cm³/mol. The number of hydrogen-bond donors (Lipinski definition) is 0. The molecule has 1 atom stereocenters. The number of halogens is 1. The van der Waals surface area contributed by atoms with E-state index in [2.05, 4.69) is 55.1 Å². The van der Waals surface area contributed by atoms with E-state index in [0.29, 0.717) is 10.2 Å². The first-order chi connectivity index (χ1) is 5.92. The molecule has 0 bridgehead atoms. The van der Waals surface area contributed by atoms with Crippen LogP contribution in [0.1, 0.15) is 37.6 Å². The molecule has 1 rings (SSSR count). The first kappa shape index (κ1) is 11.3. The van der Waals surface area contributed by atoms with Crippen LogP contribution in [0.3, 0.4) is 0 Å². The van der Waals surface area contributed by atoms with E-state index in [1.807, 2.05) is 11.3 Å². The van der Waals surface area contributed by atoms with Gasteiger partial charge in [0.1, 0.15) is 0 Å². The Morgan fingerprint density at radius 1 is 1.54 bits per heavy atom. The van der Waals surface area contributed by atoms with Gasteiger partial charge in [0.2, 0.25) is 0 Å². The SMILES string of the molecule is Cc1cc(C(C)(C)CC(C)Br)cs1. The fourth-order valence-electron chi connectivity index (χ4n) is 1.62. The minimum absolute atomic E-state index is 0.299. The van der Waals surface area contributed by atoms with Crippen molar-refractivity contribution in [2.75, 3.05) is 0 Å². The molecule has 2 heteroatoms. The molecule has 0 N–H and O–H groups in total. The van der Waals surface area contributed by atoms with E-state index in [-0.39, 0.29) is 0 Å². The van der Waals surface area contributed by atoms with Crippen LogP contribution in [-0.2, 0) is 5.41 Å². The van der Waals surface area contributed by atoms with Gasteiger partial charge in [-0.2, -0.15) is 0 Å². The summed E-state index contributed by atoms with van der Waals surface area (Å²) in [6, 6.07) is 2.31. The quantitative estimate of drug-likeness (QED) is 0.702. The van der Waals surface area contributed by atoms with Crippen LogP contribution >= 0.6 is 27.3 Å². The third kappa shape index (κ3) is 3.10. The van der Waals surface area contributed by atoms with Crippen LogP contribution in [0.4, 0.5) is 0 Å². The van der Waals surface area contributed by atoms with Crippen molar-refractivity contribution >= 4 is 27.3 Å². The number of hydrogen-bond acceptors (Lipinski definition) is 1. The summed E-state index contributed by atoms with van der Waals surface area (Å²) in [6.45, 7) is 9.00. The zero-order valence-corrected chi connectivity index (χ0v) is 11.1. The zero-order valence-electron chi connectivity index (χ0n) is 8.73. The van der Waals surface area contributed by atoms with E-state index in [9.17, 15) is 0 Å². The Balaban J connectivity index is 2.80. The maximum atomic E-state index is 3.62. The molecule has 0 saturated heterocycles. The highest BCUT2D eigenvalue weighted by atomic mass is 79.9. The van der Waals surface area contributed by atoms with Gasteiger partial charge in [0, 0.05) is 9.70 Å². The van der Waals surface area contributed by atoms with Crippen LogP contribution in [-0.4, -0.2) is 4.83 Å². The maximum absolute atomic E-state index is 3.62. The van der Waals surface area contributed by atoms with Crippen molar-refractivity contribution in [2.24, 2.45) is 0 Å². The molecule has 0 radical (unpaired) electrons. The smallest absolute Gasteiger partial charge is 0.0125 e. The third-order valence-electron chi connectivity index (χ3n) is 2.30. The molecular weight excluding hydrogens is 244 g/mol. The fraction of sp³-hybridized carbons (Fsp3) is 0.636. The van der Waals surface area contributed by atoms with Crippen LogP contribution in [0.25, 0.3) is 0 Å². The van der Waals surface area contributed by atoms with Gasteiger partial charge in [0.05, 0.1) is 0 Å². The molecule has 0 saturated carbocycles. The second-order valence-corrected chi connectivity index (χ2v) is 6.99. The van der Waals surface area contributed by atoms with Gasteiger partial charge < -0.3 is 0 Å². The van der Waals surface area contributed by atoms with Crippen LogP contribution in [0.15, 0.2) is 11.4 Å². The zero-order chi connectivity index (χ0) is 10.1. The Hall–Kier alpha value is 0.180. The molecule has 0 aliphatic carbocycles. The number of alkyl halides is 1. The summed E-state index contributed by atoms with van der Waals surface area (Å²) in [5.41, 5.74) is 1.77. The summed E-state index contributed by atoms with van der Waals surface area (Å²) < 4.78 is 0. The third-order valence-corrected chi connectivity index (χ3v) is 3.49. The first-order valence-electron chi connectivity index (χ1n) is 4.61. The molecule has 74 valence electrons. The van der Waals surface area contributed by atoms with Crippen molar-refractivity contribution in [3.8, 4) is 0 Å². The van der Waals surface area contributed by atoms with Gasteiger partial charge in [0.25, 0.3) is 0 Å². The van der Waals surface area contributed by atoms with E-state index in [1.54, 1.807) is 0 Å². The molecule has 0 aromatic carbocycles. The molecule has 0 spiro atoms. The number of aryl methyl sites for hydroxylation is 1. The fourth-order valence-corrected chi connectivity index (χ4v) is 3.32. The summed E-state index contributed by atoms with van der Waals surface area (Å²) in [6.07, 6.45) is 1.18. The average molecular weight is 261 g/mol. The lowest BCUT2D eigenvalue weighted by Crippen LogP contribution is -2.19. The molecule has 0 aliphatic rings. The maximum Gasteiger partial charge on any atom is 0.0125 e. The molecule has 13 heavy (non-hydrogen) atoms. The molecule has 1 aromatic heterocycles. The first-order valence-corrected chi connectivity index (χ1v) is 6.41. The molecule has 0 amide bonds. The Kier molecular flexibility index (Phi) is 3.58. The summed E-state index contributed by atoms with van der Waals surface area (Å²) >= 11 is 5.46. The van der Waals surface area contributed by atoms with E-state index >= 15 is 0 Å². The summed E-state index contributed by atoms with van der Waals surface area (Å²) in [4.78, 5) is 1.99. The lowest BCUT2D eigenvalue weighted by atomic mass is 9.82. The lowest BCUT2D eigenvalue weighted by molar-refractivity contribution is 0.484. The van der Waals surface area contributed by atoms with Crippen molar-refractivity contribution in [1.29, 1.82) is 0 Å². The van der Waals surface area contributed by atoms with Crippen molar-refractivity contribution in [1.82, 2.24) is 0 Å². The Morgan fingerprint density at radius 3 is 2.54 bits per heavy atom. The summed E-state index contributed by atoms with van der Waals surface area (Å²) in [5, 5.41) is 2.28. The van der Waals surface area contributed by atoms with Gasteiger partial charge in [-0.05, 0) is 35.8 Å². The van der Waals surface area contributed by atoms with E-state index < -0.39 is 0 Å². The molecule has 0 nitrogen and oxygen atoms in total. The van der Waals surface area contributed by atoms with Gasteiger partial charge in [0.15, 0.2) is 0 Å². The van der Waals surface area contributed by atoms with Crippen molar-refractivity contribution in [3.05, 3.63) is 21.9 Å². The Labute approximate surface area is 93.5 Å². The standard InChI is InChI=1S/C11H17BrS/c1-8(12)6-11(3,4)10-5-9(2)13-7-10/h5,7-8H,6H2,1-4H3. The average Bonchev–Trinajstić information content (AvgIpc) is 2.32. The normalized spacial score (nSPS) is 14.5. The van der Waals surface area contributed by atoms with Gasteiger partial charge in [-0.3, -0.25) is 0 Å². The van der Waals surface area contributed by atoms with Gasteiger partial charge >= 0.3 is 0 Å². The summed E-state index contributed by atoms with van der Waals surface area (Å²) in [5.74, 6) is 0. The predicted octanol–water partition coefficient (Wildman–Crippen LogP) is 4.51. The van der Waals surface area contributed by atoms with E-state index in [4.69, 9.17) is 0 Å². The van der Waals surface area contributed by atoms with E-state index in [0.717, 1.165) is 0 Å². The Morgan fingerprint density at radius 2 is 2.15 bits per heavy atom. The monoisotopic (exact) mass is 260 g/mol. The van der Waals surface area contributed by atoms with Gasteiger partial charge in [-0.1, -0.05) is 36.7 Å². The summed E-state index contributed by atoms with van der Waals surface area (Å²) in [7, 11) is 0. The Bertz CT molecular complexity index is 273. The van der Waals surface area contributed by atoms with Gasteiger partial charge in [-0.15, -0.1) is 11.3 Å². The highest BCUT2D eigenvalue weighted by Crippen LogP contribution is 2.33.